The van der Waals surface area contributed by atoms with Gasteiger partial charge in [0.1, 0.15) is 0 Å². The van der Waals surface area contributed by atoms with E-state index in [0.717, 1.165) is 43.8 Å². The van der Waals surface area contributed by atoms with Crippen molar-refractivity contribution < 1.29 is 4.52 Å². The number of rotatable bonds is 1. The number of nitrogens with zero attached hydrogens (tertiary/aromatic N) is 3. The van der Waals surface area contributed by atoms with E-state index in [1.165, 1.54) is 0 Å². The molecule has 2 aliphatic rings. The second-order valence-electron chi connectivity index (χ2n) is 4.21. The predicted molar refractivity (Wildman–Crippen MR) is 51.1 cm³/mol. The van der Waals surface area contributed by atoms with Gasteiger partial charge in [0.05, 0.1) is 0 Å². The van der Waals surface area contributed by atoms with E-state index in [-0.39, 0.29) is 0 Å². The number of hydrogen-bond donors (Lipinski definition) is 1. The third-order valence-corrected chi connectivity index (χ3v) is 3.18. The highest BCUT2D eigenvalue weighted by atomic mass is 16.5. The minimum absolute atomic E-state index is 0.692. The van der Waals surface area contributed by atoms with Crippen molar-refractivity contribution in [3.05, 3.63) is 5.82 Å². The summed E-state index contributed by atoms with van der Waals surface area (Å²) < 4.78 is 5.16. The maximum Gasteiger partial charge on any atom is 0.324 e. The Labute approximate surface area is 82.5 Å². The van der Waals surface area contributed by atoms with Crippen molar-refractivity contribution in [3.63, 3.8) is 0 Å². The molecule has 14 heavy (non-hydrogen) atoms. The zero-order chi connectivity index (χ0) is 9.54. The van der Waals surface area contributed by atoms with Crippen LogP contribution >= 0.6 is 0 Å². The van der Waals surface area contributed by atoms with Crippen LogP contribution in [0, 0.1) is 18.8 Å². The summed E-state index contributed by atoms with van der Waals surface area (Å²) in [6.07, 6.45) is 0. The van der Waals surface area contributed by atoms with Crippen molar-refractivity contribution >= 4 is 6.01 Å². The Morgan fingerprint density at radius 3 is 2.64 bits per heavy atom. The fourth-order valence-corrected chi connectivity index (χ4v) is 2.43. The summed E-state index contributed by atoms with van der Waals surface area (Å²) in [5, 5.41) is 7.22. The summed E-state index contributed by atoms with van der Waals surface area (Å²) in [6, 6.07) is 0.692. The highest BCUT2D eigenvalue weighted by molar-refractivity contribution is 5.28. The van der Waals surface area contributed by atoms with Gasteiger partial charge in [-0.15, -0.1) is 0 Å². The molecule has 0 aliphatic carbocycles. The largest absolute Gasteiger partial charge is 0.324 e. The lowest BCUT2D eigenvalue weighted by atomic mass is 10.0. The Bertz CT molecular complexity index is 325. The fraction of sp³-hybridized carbons (Fsp3) is 0.778. The van der Waals surface area contributed by atoms with E-state index in [0.29, 0.717) is 6.01 Å². The van der Waals surface area contributed by atoms with Crippen LogP contribution in [0.3, 0.4) is 0 Å². The molecule has 0 spiro atoms. The molecule has 1 aromatic rings. The molecule has 0 amide bonds. The van der Waals surface area contributed by atoms with Crippen LogP contribution in [0.4, 0.5) is 6.01 Å². The molecule has 2 fully saturated rings. The van der Waals surface area contributed by atoms with Gasteiger partial charge in [0.2, 0.25) is 0 Å². The first-order chi connectivity index (χ1) is 6.83. The number of nitrogens with one attached hydrogen (secondary N) is 1. The molecule has 0 aromatic carbocycles. The van der Waals surface area contributed by atoms with Crippen molar-refractivity contribution in [2.75, 3.05) is 31.1 Å². The van der Waals surface area contributed by atoms with Crippen molar-refractivity contribution in [1.82, 2.24) is 15.5 Å². The Morgan fingerprint density at radius 2 is 2.07 bits per heavy atom. The molecule has 2 saturated heterocycles. The molecule has 2 aliphatic heterocycles. The van der Waals surface area contributed by atoms with Gasteiger partial charge in [-0.25, -0.2) is 0 Å². The third-order valence-electron chi connectivity index (χ3n) is 3.18. The Kier molecular flexibility index (Phi) is 1.73. The smallest absolute Gasteiger partial charge is 0.324 e. The van der Waals surface area contributed by atoms with Gasteiger partial charge in [0.15, 0.2) is 5.82 Å². The maximum atomic E-state index is 5.16. The SMILES string of the molecule is Cc1noc(N2C[C@H]3CNC[C@H]3C2)n1. The second-order valence-corrected chi connectivity index (χ2v) is 4.21. The average molecular weight is 194 g/mol. The predicted octanol–water partition coefficient (Wildman–Crippen LogP) is 0.0336. The van der Waals surface area contributed by atoms with E-state index < -0.39 is 0 Å². The maximum absolute atomic E-state index is 5.16. The highest BCUT2D eigenvalue weighted by Crippen LogP contribution is 2.29. The van der Waals surface area contributed by atoms with Crippen LogP contribution in [-0.2, 0) is 0 Å². The Balaban J connectivity index is 1.76. The van der Waals surface area contributed by atoms with Gasteiger partial charge in [0, 0.05) is 26.2 Å². The van der Waals surface area contributed by atoms with Crippen LogP contribution in [-0.4, -0.2) is 36.3 Å². The third kappa shape index (κ3) is 1.19. The molecule has 3 rings (SSSR count). The molecule has 1 aromatic heterocycles. The number of hydrogen-bond acceptors (Lipinski definition) is 5. The number of fused-ring (bicyclic) bond motifs is 1. The van der Waals surface area contributed by atoms with E-state index in [2.05, 4.69) is 20.4 Å². The lowest BCUT2D eigenvalue weighted by molar-refractivity contribution is 0.411. The monoisotopic (exact) mass is 194 g/mol. The average Bonchev–Trinajstić information content (AvgIpc) is 2.75. The summed E-state index contributed by atoms with van der Waals surface area (Å²) in [6.45, 7) is 6.23. The van der Waals surface area contributed by atoms with E-state index in [9.17, 15) is 0 Å². The number of aryl methyl sites for hydroxylation is 1. The van der Waals surface area contributed by atoms with Crippen molar-refractivity contribution in [2.24, 2.45) is 11.8 Å². The molecule has 2 atom stereocenters. The molecule has 5 heteroatoms. The van der Waals surface area contributed by atoms with E-state index >= 15 is 0 Å². The molecule has 0 unspecified atom stereocenters. The molecule has 3 heterocycles. The highest BCUT2D eigenvalue weighted by Gasteiger charge is 2.37. The summed E-state index contributed by atoms with van der Waals surface area (Å²) in [5.41, 5.74) is 0. The van der Waals surface area contributed by atoms with E-state index in [1.54, 1.807) is 0 Å². The molecule has 1 N–H and O–H groups in total. The molecular formula is C9H14N4O. The summed E-state index contributed by atoms with van der Waals surface area (Å²) in [5.74, 6) is 2.25. The zero-order valence-corrected chi connectivity index (χ0v) is 8.23. The summed E-state index contributed by atoms with van der Waals surface area (Å²) >= 11 is 0. The van der Waals surface area contributed by atoms with Crippen LogP contribution in [0.1, 0.15) is 5.82 Å². The topological polar surface area (TPSA) is 54.2 Å². The molecule has 5 nitrogen and oxygen atoms in total. The molecular weight excluding hydrogens is 180 g/mol. The Hall–Kier alpha value is -1.10. The van der Waals surface area contributed by atoms with Gasteiger partial charge >= 0.3 is 6.01 Å². The quantitative estimate of drug-likeness (QED) is 0.683. The first-order valence-corrected chi connectivity index (χ1v) is 5.09. The van der Waals surface area contributed by atoms with Gasteiger partial charge < -0.3 is 14.7 Å². The van der Waals surface area contributed by atoms with Crippen LogP contribution in [0.15, 0.2) is 4.52 Å². The normalized spacial score (nSPS) is 31.1. The van der Waals surface area contributed by atoms with Crippen LogP contribution in [0.5, 0.6) is 0 Å². The lowest BCUT2D eigenvalue weighted by Gasteiger charge is -2.12. The van der Waals surface area contributed by atoms with Gasteiger partial charge in [-0.05, 0) is 18.8 Å². The minimum atomic E-state index is 0.692. The fourth-order valence-electron chi connectivity index (χ4n) is 2.43. The zero-order valence-electron chi connectivity index (χ0n) is 8.23. The number of anilines is 1. The minimum Gasteiger partial charge on any atom is -0.324 e. The Morgan fingerprint density at radius 1 is 1.36 bits per heavy atom. The number of aromatic nitrogens is 2. The van der Waals surface area contributed by atoms with Crippen molar-refractivity contribution in [2.45, 2.75) is 6.92 Å². The first kappa shape index (κ1) is 8.23. The first-order valence-electron chi connectivity index (χ1n) is 5.09. The van der Waals surface area contributed by atoms with Gasteiger partial charge in [-0.1, -0.05) is 5.16 Å². The van der Waals surface area contributed by atoms with Gasteiger partial charge in [-0.3, -0.25) is 0 Å². The van der Waals surface area contributed by atoms with Gasteiger partial charge in [-0.2, -0.15) is 4.98 Å². The molecule has 76 valence electrons. The van der Waals surface area contributed by atoms with E-state index in [4.69, 9.17) is 4.52 Å². The van der Waals surface area contributed by atoms with Crippen molar-refractivity contribution in [1.29, 1.82) is 0 Å². The lowest BCUT2D eigenvalue weighted by Crippen LogP contribution is -2.25. The summed E-state index contributed by atoms with van der Waals surface area (Å²) in [4.78, 5) is 6.45. The van der Waals surface area contributed by atoms with Crippen molar-refractivity contribution in [3.8, 4) is 0 Å². The standard InChI is InChI=1S/C9H14N4O/c1-6-11-9(14-12-6)13-4-7-2-10-3-8(7)5-13/h7-8,10H,2-5H2,1H3/t7-,8+. The van der Waals surface area contributed by atoms with Gasteiger partial charge in [0.25, 0.3) is 0 Å². The van der Waals surface area contributed by atoms with Crippen LogP contribution in [0.25, 0.3) is 0 Å². The summed E-state index contributed by atoms with van der Waals surface area (Å²) in [7, 11) is 0. The van der Waals surface area contributed by atoms with E-state index in [1.807, 2.05) is 6.92 Å². The molecule has 0 bridgehead atoms. The van der Waals surface area contributed by atoms with Crippen LogP contribution < -0.4 is 10.2 Å². The van der Waals surface area contributed by atoms with Crippen LogP contribution in [0.2, 0.25) is 0 Å². The molecule has 0 saturated carbocycles. The molecule has 0 radical (unpaired) electrons. The second kappa shape index (κ2) is 2.95.